The first-order valence-corrected chi connectivity index (χ1v) is 7.54. The first kappa shape index (κ1) is 13.0. The maximum absolute atomic E-state index is 11.4. The van der Waals surface area contributed by atoms with Crippen LogP contribution in [0.4, 0.5) is 0 Å². The molecule has 0 aliphatic heterocycles. The van der Waals surface area contributed by atoms with E-state index in [0.29, 0.717) is 0 Å². The van der Waals surface area contributed by atoms with Crippen LogP contribution in [0, 0.1) is 5.39 Å². The van der Waals surface area contributed by atoms with Gasteiger partial charge in [0.1, 0.15) is 5.95 Å². The summed E-state index contributed by atoms with van der Waals surface area (Å²) in [6, 6.07) is 2.69. The monoisotopic (exact) mass is 214 g/mol. The molecule has 0 radical (unpaired) electrons. The van der Waals surface area contributed by atoms with Gasteiger partial charge in [0.05, 0.1) is 0 Å². The minimum Gasteiger partial charge on any atom is -0.612 e. The van der Waals surface area contributed by atoms with Crippen molar-refractivity contribution in [3.05, 3.63) is 16.2 Å². The van der Waals surface area contributed by atoms with Crippen molar-refractivity contribution in [2.24, 2.45) is 0 Å². The van der Waals surface area contributed by atoms with Gasteiger partial charge >= 0.3 is 5.32 Å². The summed E-state index contributed by atoms with van der Waals surface area (Å²) in [5.41, 5.74) is 0. The Morgan fingerprint density at radius 3 is 1.93 bits per heavy atom. The van der Waals surface area contributed by atoms with Crippen LogP contribution in [0.15, 0.2) is 11.3 Å². The van der Waals surface area contributed by atoms with Crippen LogP contribution in [0.3, 0.4) is 0 Å². The van der Waals surface area contributed by atoms with Crippen LogP contribution in [-0.4, -0.2) is 15.2 Å². The molecule has 0 spiro atoms. The fourth-order valence-corrected chi connectivity index (χ4v) is 4.96. The lowest BCUT2D eigenvalue weighted by atomic mass is 10.9. The molecular weight excluding hydrogens is 196 g/mol. The van der Waals surface area contributed by atoms with Crippen LogP contribution in [0.25, 0.3) is 4.98 Å². The van der Waals surface area contributed by atoms with Gasteiger partial charge in [-0.25, -0.2) is 0 Å². The zero-order valence-electron chi connectivity index (χ0n) is 9.33. The van der Waals surface area contributed by atoms with Crippen molar-refractivity contribution in [3.63, 3.8) is 0 Å². The maximum Gasteiger partial charge on any atom is 0.348 e. The molecule has 0 unspecified atom stereocenters. The first-order chi connectivity index (χ1) is 6.61. The van der Waals surface area contributed by atoms with E-state index in [0.717, 1.165) is 18.1 Å². The third kappa shape index (κ3) is 2.26. The molecule has 4 nitrogen and oxygen atoms in total. The number of ether oxygens (including phenoxy) is 1. The van der Waals surface area contributed by atoms with Crippen LogP contribution in [0.1, 0.15) is 20.8 Å². The molecule has 0 aromatic heterocycles. The molecule has 80 valence electrons. The van der Waals surface area contributed by atoms with Crippen molar-refractivity contribution < 1.29 is 9.84 Å². The zero-order valence-corrected chi connectivity index (χ0v) is 10.3. The van der Waals surface area contributed by atoms with Gasteiger partial charge in [0, 0.05) is 0 Å². The molecule has 0 aliphatic rings. The average molecular weight is 214 g/mol. The van der Waals surface area contributed by atoms with Crippen LogP contribution >= 0.6 is 0 Å². The van der Waals surface area contributed by atoms with Crippen LogP contribution in [0.2, 0.25) is 18.1 Å². The lowest BCUT2D eigenvalue weighted by Crippen LogP contribution is -2.36. The molecular formula is C9H18N2O2Si. The van der Waals surface area contributed by atoms with Gasteiger partial charge in [-0.15, -0.1) is 0 Å². The van der Waals surface area contributed by atoms with Gasteiger partial charge in [-0.3, -0.25) is 0 Å². The number of hydrogen-bond donors (Lipinski definition) is 0. The standard InChI is InChI=1S/C9H18N2O2Si/c1-5-14(6-2,7-3)8(11-10)9(12)13-4/h5-7H2,1-4H3. The van der Waals surface area contributed by atoms with E-state index in [1.165, 1.54) is 7.11 Å². The third-order valence-corrected chi connectivity index (χ3v) is 8.38. The molecule has 0 amide bonds. The van der Waals surface area contributed by atoms with E-state index in [1.54, 1.807) is 0 Å². The Labute approximate surface area is 86.2 Å². The van der Waals surface area contributed by atoms with Gasteiger partial charge in [-0.05, 0) is 25.2 Å². The highest BCUT2D eigenvalue weighted by Crippen LogP contribution is 2.30. The third-order valence-electron chi connectivity index (χ3n) is 3.01. The number of nitrogens with zero attached hydrogens (tertiary/aromatic N) is 2. The topological polar surface area (TPSA) is 60.4 Å². The Kier molecular flexibility index (Phi) is 5.24. The average Bonchev–Trinajstić information content (AvgIpc) is 2.25. The highest BCUT2D eigenvalue weighted by atomic mass is 28.3. The molecule has 0 fully saturated rings. The summed E-state index contributed by atoms with van der Waals surface area (Å²) in [5.74, 6) is -0.482. The molecule has 0 heterocycles. The SMILES string of the molecule is CC[Si](CC)(CC)C([N+]#N)=C([O-])OC. The summed E-state index contributed by atoms with van der Waals surface area (Å²) in [5, 5.41) is 20.5. The van der Waals surface area contributed by atoms with Gasteiger partial charge in [-0.1, -0.05) is 20.8 Å². The summed E-state index contributed by atoms with van der Waals surface area (Å²) in [6.07, 6.45) is 0. The number of rotatable bonds is 5. The fourth-order valence-electron chi connectivity index (χ4n) is 1.71. The summed E-state index contributed by atoms with van der Waals surface area (Å²) in [7, 11) is -0.592. The van der Waals surface area contributed by atoms with E-state index in [9.17, 15) is 5.11 Å². The molecule has 0 aromatic rings. The van der Waals surface area contributed by atoms with E-state index >= 15 is 0 Å². The predicted molar refractivity (Wildman–Crippen MR) is 56.3 cm³/mol. The van der Waals surface area contributed by atoms with Gasteiger partial charge in [0.25, 0.3) is 0 Å². The Morgan fingerprint density at radius 1 is 1.29 bits per heavy atom. The predicted octanol–water partition coefficient (Wildman–Crippen LogP) is 2.06. The lowest BCUT2D eigenvalue weighted by molar-refractivity contribution is -0.354. The van der Waals surface area contributed by atoms with Crippen molar-refractivity contribution >= 4 is 8.07 Å². The fraction of sp³-hybridized carbons (Fsp3) is 0.778. The van der Waals surface area contributed by atoms with Crippen LogP contribution < -0.4 is 5.11 Å². The van der Waals surface area contributed by atoms with E-state index < -0.39 is 14.0 Å². The smallest absolute Gasteiger partial charge is 0.348 e. The first-order valence-electron chi connectivity index (χ1n) is 4.92. The number of diazo groups is 1. The van der Waals surface area contributed by atoms with Gasteiger partial charge in [0.15, 0.2) is 4.98 Å². The zero-order chi connectivity index (χ0) is 11.2. The van der Waals surface area contributed by atoms with E-state index in [4.69, 9.17) is 5.39 Å². The Balaban J connectivity index is 5.28. The normalized spacial score (nSPS) is 13.1. The van der Waals surface area contributed by atoms with E-state index in [-0.39, 0.29) is 5.32 Å². The molecule has 14 heavy (non-hydrogen) atoms. The van der Waals surface area contributed by atoms with Crippen molar-refractivity contribution in [2.75, 3.05) is 7.11 Å². The Morgan fingerprint density at radius 2 is 1.71 bits per heavy atom. The Bertz CT molecular complexity index is 246. The van der Waals surface area contributed by atoms with Crippen molar-refractivity contribution in [2.45, 2.75) is 38.9 Å². The second kappa shape index (κ2) is 5.65. The van der Waals surface area contributed by atoms with Gasteiger partial charge < -0.3 is 9.84 Å². The molecule has 0 aromatic carbocycles. The number of hydrogen-bond acceptors (Lipinski definition) is 3. The summed E-state index contributed by atoms with van der Waals surface area (Å²) in [6.45, 7) is 6.11. The van der Waals surface area contributed by atoms with Crippen molar-refractivity contribution in [1.29, 1.82) is 5.39 Å². The molecule has 0 saturated heterocycles. The maximum atomic E-state index is 11.4. The second-order valence-electron chi connectivity index (χ2n) is 3.28. The van der Waals surface area contributed by atoms with Crippen molar-refractivity contribution in [1.82, 2.24) is 0 Å². The van der Waals surface area contributed by atoms with Crippen LogP contribution in [-0.2, 0) is 4.74 Å². The quantitative estimate of drug-likeness (QED) is 0.400. The molecule has 5 heteroatoms. The van der Waals surface area contributed by atoms with Gasteiger partial charge in [-0.2, -0.15) is 0 Å². The molecule has 0 aliphatic carbocycles. The highest BCUT2D eigenvalue weighted by Gasteiger charge is 2.43. The van der Waals surface area contributed by atoms with E-state index in [2.05, 4.69) is 9.71 Å². The second-order valence-corrected chi connectivity index (χ2v) is 8.44. The molecule has 0 bridgehead atoms. The molecule has 0 saturated carbocycles. The molecule has 0 N–H and O–H groups in total. The molecule has 0 atom stereocenters. The van der Waals surface area contributed by atoms with Crippen LogP contribution in [0.5, 0.6) is 0 Å². The highest BCUT2D eigenvalue weighted by molar-refractivity contribution is 6.86. The van der Waals surface area contributed by atoms with Crippen molar-refractivity contribution in [3.8, 4) is 0 Å². The molecule has 0 rings (SSSR count). The van der Waals surface area contributed by atoms with E-state index in [1.807, 2.05) is 20.8 Å². The number of methoxy groups -OCH3 is 1. The summed E-state index contributed by atoms with van der Waals surface area (Å²) >= 11 is 0. The minimum absolute atomic E-state index is 0.271. The minimum atomic E-state index is -1.91. The Hall–Kier alpha value is -1.02. The summed E-state index contributed by atoms with van der Waals surface area (Å²) in [4.78, 5) is 3.15. The summed E-state index contributed by atoms with van der Waals surface area (Å²) < 4.78 is 4.62. The van der Waals surface area contributed by atoms with Gasteiger partial charge in [0.2, 0.25) is 13.5 Å². The lowest BCUT2D eigenvalue weighted by Gasteiger charge is -2.21. The largest absolute Gasteiger partial charge is 0.612 e.